The molecule has 0 N–H and O–H groups in total. The molecule has 2 aromatic heterocycles. The molecule has 254 valence electrons. The third kappa shape index (κ3) is 4.48. The van der Waals surface area contributed by atoms with Gasteiger partial charge in [-0.05, 0) is 85.6 Å². The Kier molecular flexibility index (Phi) is 6.60. The van der Waals surface area contributed by atoms with E-state index in [4.69, 9.17) is 9.97 Å². The molecule has 3 nitrogen and oxygen atoms in total. The van der Waals surface area contributed by atoms with Gasteiger partial charge in [-0.2, -0.15) is 0 Å². The van der Waals surface area contributed by atoms with Crippen molar-refractivity contribution in [1.29, 1.82) is 0 Å². The quantitative estimate of drug-likeness (QED) is 0.184. The Morgan fingerprint density at radius 3 is 1.81 bits per heavy atom. The van der Waals surface area contributed by atoms with Gasteiger partial charge in [0, 0.05) is 27.1 Å². The van der Waals surface area contributed by atoms with Gasteiger partial charge in [0.1, 0.15) is 0 Å². The summed E-state index contributed by atoms with van der Waals surface area (Å²) in [7, 11) is 0. The lowest BCUT2D eigenvalue weighted by atomic mass is 9.82. The van der Waals surface area contributed by atoms with Crippen molar-refractivity contribution < 1.29 is 0 Å². The van der Waals surface area contributed by atoms with Gasteiger partial charge >= 0.3 is 0 Å². The molecule has 2 heterocycles. The van der Waals surface area contributed by atoms with Crippen LogP contribution in [0.5, 0.6) is 0 Å². The van der Waals surface area contributed by atoms with Crippen molar-refractivity contribution >= 4 is 43.5 Å². The summed E-state index contributed by atoms with van der Waals surface area (Å²) in [6.45, 7) is 4.68. The number of benzene rings is 8. The van der Waals surface area contributed by atoms with Gasteiger partial charge in [-0.15, -0.1) is 0 Å². The van der Waals surface area contributed by atoms with Crippen LogP contribution in [0.25, 0.3) is 94.1 Å². The van der Waals surface area contributed by atoms with Gasteiger partial charge in [-0.1, -0.05) is 159 Å². The summed E-state index contributed by atoms with van der Waals surface area (Å²) in [5, 5.41) is 5.81. The largest absolute Gasteiger partial charge is 0.278 e. The zero-order valence-electron chi connectivity index (χ0n) is 30.1. The van der Waals surface area contributed by atoms with Crippen LogP contribution in [0.2, 0.25) is 0 Å². The Balaban J connectivity index is 1.30. The first-order valence-corrected chi connectivity index (χ1v) is 18.7. The lowest BCUT2D eigenvalue weighted by Crippen LogP contribution is -2.14. The molecule has 0 amide bonds. The number of nitrogens with zero attached hydrogens (tertiary/aromatic N) is 3. The van der Waals surface area contributed by atoms with E-state index in [9.17, 15) is 0 Å². The summed E-state index contributed by atoms with van der Waals surface area (Å²) in [6.07, 6.45) is 0. The lowest BCUT2D eigenvalue weighted by molar-refractivity contribution is 0.660. The minimum absolute atomic E-state index is 0.142. The molecule has 3 heteroatoms. The van der Waals surface area contributed by atoms with Crippen LogP contribution in [0.3, 0.4) is 0 Å². The SMILES string of the molecule is CC1(C)c2ccccc2-c2c(-c3nc(-n4c5ccccc5c5cc6ccccc6cc54)nc4cc(-c5ccccc5)c(-c5ccccc5)cc34)cccc21. The van der Waals surface area contributed by atoms with Crippen LogP contribution < -0.4 is 0 Å². The van der Waals surface area contributed by atoms with E-state index in [-0.39, 0.29) is 5.41 Å². The van der Waals surface area contributed by atoms with Crippen LogP contribution in [0.15, 0.2) is 176 Å². The van der Waals surface area contributed by atoms with Crippen molar-refractivity contribution in [2.75, 3.05) is 0 Å². The zero-order chi connectivity index (χ0) is 36.0. The minimum atomic E-state index is -0.142. The maximum Gasteiger partial charge on any atom is 0.235 e. The Morgan fingerprint density at radius 2 is 1.04 bits per heavy atom. The highest BCUT2D eigenvalue weighted by Crippen LogP contribution is 2.53. The van der Waals surface area contributed by atoms with E-state index in [1.807, 2.05) is 0 Å². The highest BCUT2D eigenvalue weighted by atomic mass is 15.2. The van der Waals surface area contributed by atoms with Crippen LogP contribution in [0.1, 0.15) is 25.0 Å². The third-order valence-corrected chi connectivity index (χ3v) is 11.6. The molecular formula is C51H35N3. The summed E-state index contributed by atoms with van der Waals surface area (Å²) in [5.74, 6) is 0.661. The first-order valence-electron chi connectivity index (χ1n) is 18.7. The van der Waals surface area contributed by atoms with Gasteiger partial charge in [-0.25, -0.2) is 9.97 Å². The molecule has 0 fully saturated rings. The van der Waals surface area contributed by atoms with E-state index in [0.29, 0.717) is 5.95 Å². The van der Waals surface area contributed by atoms with Crippen LogP contribution >= 0.6 is 0 Å². The molecule has 0 aliphatic heterocycles. The molecule has 8 aromatic carbocycles. The first-order chi connectivity index (χ1) is 26.5. The highest BCUT2D eigenvalue weighted by Gasteiger charge is 2.37. The van der Waals surface area contributed by atoms with Crippen molar-refractivity contribution in [3.05, 3.63) is 187 Å². The van der Waals surface area contributed by atoms with Gasteiger partial charge < -0.3 is 0 Å². The fourth-order valence-corrected chi connectivity index (χ4v) is 9.00. The van der Waals surface area contributed by atoms with Crippen molar-refractivity contribution in [3.8, 4) is 50.6 Å². The van der Waals surface area contributed by atoms with Crippen LogP contribution in [-0.4, -0.2) is 14.5 Å². The van der Waals surface area contributed by atoms with Crippen molar-refractivity contribution in [1.82, 2.24) is 14.5 Å². The van der Waals surface area contributed by atoms with Gasteiger partial charge in [0.15, 0.2) is 0 Å². The Bertz CT molecular complexity index is 3120. The second-order valence-electron chi connectivity index (χ2n) is 15.0. The number of hydrogen-bond donors (Lipinski definition) is 0. The van der Waals surface area contributed by atoms with Crippen LogP contribution in [0, 0.1) is 0 Å². The summed E-state index contributed by atoms with van der Waals surface area (Å²) in [4.78, 5) is 11.2. The molecule has 0 spiro atoms. The van der Waals surface area contributed by atoms with Gasteiger partial charge in [0.25, 0.3) is 0 Å². The average Bonchev–Trinajstić information content (AvgIpc) is 3.67. The maximum atomic E-state index is 5.68. The molecular weight excluding hydrogens is 655 g/mol. The van der Waals surface area contributed by atoms with E-state index < -0.39 is 0 Å². The summed E-state index contributed by atoms with van der Waals surface area (Å²) in [5.41, 5.74) is 14.8. The molecule has 0 unspecified atom stereocenters. The smallest absolute Gasteiger partial charge is 0.235 e. The summed E-state index contributed by atoms with van der Waals surface area (Å²) < 4.78 is 2.27. The summed E-state index contributed by atoms with van der Waals surface area (Å²) in [6, 6.07) is 63.5. The van der Waals surface area contributed by atoms with E-state index in [1.54, 1.807) is 0 Å². The monoisotopic (exact) mass is 689 g/mol. The van der Waals surface area contributed by atoms with Crippen molar-refractivity contribution in [3.63, 3.8) is 0 Å². The standard InChI is InChI=1S/C51H35N3/c1-51(2)43-25-13-11-23-37(43)48-38(24-15-26-44(48)51)49-42-30-39(32-16-5-3-6-17-32)40(33-18-7-4-8-19-33)31-45(42)52-50(53-49)54-46-27-14-12-22-36(46)41-28-34-20-9-10-21-35(34)29-47(41)54/h3-31H,1-2H3. The Morgan fingerprint density at radius 1 is 0.426 bits per heavy atom. The molecule has 0 saturated carbocycles. The number of aromatic nitrogens is 3. The predicted molar refractivity (Wildman–Crippen MR) is 225 cm³/mol. The molecule has 0 saturated heterocycles. The first kappa shape index (κ1) is 30.8. The van der Waals surface area contributed by atoms with Gasteiger partial charge in [0.2, 0.25) is 5.95 Å². The molecule has 11 rings (SSSR count). The Labute approximate surface area is 313 Å². The fraction of sp³-hybridized carbons (Fsp3) is 0.0588. The Hall–Kier alpha value is -6.84. The third-order valence-electron chi connectivity index (χ3n) is 11.6. The molecule has 10 aromatic rings. The topological polar surface area (TPSA) is 30.7 Å². The van der Waals surface area contributed by atoms with Crippen LogP contribution in [-0.2, 0) is 5.41 Å². The van der Waals surface area contributed by atoms with E-state index in [2.05, 4.69) is 194 Å². The second kappa shape index (κ2) is 11.6. The molecule has 1 aliphatic carbocycles. The van der Waals surface area contributed by atoms with Crippen molar-refractivity contribution in [2.45, 2.75) is 19.3 Å². The van der Waals surface area contributed by atoms with E-state index in [0.717, 1.165) is 55.4 Å². The van der Waals surface area contributed by atoms with Crippen LogP contribution in [0.4, 0.5) is 0 Å². The molecule has 0 radical (unpaired) electrons. The van der Waals surface area contributed by atoms with Gasteiger partial charge in [0.05, 0.1) is 22.2 Å². The van der Waals surface area contributed by atoms with Gasteiger partial charge in [-0.3, -0.25) is 4.57 Å². The molecule has 0 bridgehead atoms. The second-order valence-corrected chi connectivity index (χ2v) is 15.0. The lowest BCUT2D eigenvalue weighted by Gasteiger charge is -2.22. The fourth-order valence-electron chi connectivity index (χ4n) is 9.00. The van der Waals surface area contributed by atoms with Crippen molar-refractivity contribution in [2.24, 2.45) is 0 Å². The molecule has 0 atom stereocenters. The number of rotatable bonds is 4. The average molecular weight is 690 g/mol. The number of para-hydroxylation sites is 1. The summed E-state index contributed by atoms with van der Waals surface area (Å²) >= 11 is 0. The normalized spacial score (nSPS) is 13.1. The zero-order valence-corrected chi connectivity index (χ0v) is 30.1. The molecule has 54 heavy (non-hydrogen) atoms. The van der Waals surface area contributed by atoms with E-state index in [1.165, 1.54) is 43.8 Å². The number of fused-ring (bicyclic) bond motifs is 8. The highest BCUT2D eigenvalue weighted by molar-refractivity contribution is 6.14. The van der Waals surface area contributed by atoms with E-state index >= 15 is 0 Å². The number of hydrogen-bond acceptors (Lipinski definition) is 2. The predicted octanol–water partition coefficient (Wildman–Crippen LogP) is 13.2. The minimum Gasteiger partial charge on any atom is -0.278 e. The molecule has 1 aliphatic rings. The maximum absolute atomic E-state index is 5.68.